The Labute approximate surface area is 70.4 Å². The van der Waals surface area contributed by atoms with Crippen molar-refractivity contribution in [3.05, 3.63) is 4.77 Å². The monoisotopic (exact) mass is 172 g/mol. The van der Waals surface area contributed by atoms with Crippen LogP contribution in [0.4, 0.5) is 5.95 Å². The molecule has 4 nitrogen and oxygen atoms in total. The fourth-order valence-electron chi connectivity index (χ4n) is 0.862. The van der Waals surface area contributed by atoms with Crippen molar-refractivity contribution in [2.75, 3.05) is 5.73 Å². The minimum atomic E-state index is 0.475. The highest BCUT2D eigenvalue weighted by Crippen LogP contribution is 2.01. The van der Waals surface area contributed by atoms with E-state index < -0.39 is 0 Å². The van der Waals surface area contributed by atoms with Gasteiger partial charge >= 0.3 is 0 Å². The van der Waals surface area contributed by atoms with Crippen LogP contribution in [0.15, 0.2) is 0 Å². The molecule has 0 aliphatic heterocycles. The topological polar surface area (TPSA) is 59.6 Å². The second-order valence-electron chi connectivity index (χ2n) is 2.39. The summed E-state index contributed by atoms with van der Waals surface area (Å²) in [6.07, 6.45) is 2.21. The van der Waals surface area contributed by atoms with Gasteiger partial charge in [0.1, 0.15) is 0 Å². The summed E-state index contributed by atoms with van der Waals surface area (Å²) in [5.74, 6) is 0.475. The van der Waals surface area contributed by atoms with Gasteiger partial charge in [0, 0.05) is 6.54 Å². The number of unbranched alkanes of at least 4 members (excludes halogenated alkanes) is 1. The van der Waals surface area contributed by atoms with Gasteiger partial charge < -0.3 is 5.73 Å². The summed E-state index contributed by atoms with van der Waals surface area (Å²) in [6.45, 7) is 2.98. The fraction of sp³-hybridized carbons (Fsp3) is 0.667. The van der Waals surface area contributed by atoms with Crippen LogP contribution in [-0.4, -0.2) is 14.8 Å². The van der Waals surface area contributed by atoms with Crippen LogP contribution in [0.1, 0.15) is 19.8 Å². The molecule has 0 spiro atoms. The smallest absolute Gasteiger partial charge is 0.220 e. The lowest BCUT2D eigenvalue weighted by Gasteiger charge is -1.99. The molecule has 5 heteroatoms. The van der Waals surface area contributed by atoms with Crippen LogP contribution >= 0.6 is 12.2 Å². The van der Waals surface area contributed by atoms with Crippen molar-refractivity contribution in [1.29, 1.82) is 0 Å². The highest BCUT2D eigenvalue weighted by molar-refractivity contribution is 7.71. The average Bonchev–Trinajstić information content (AvgIpc) is 2.29. The zero-order valence-corrected chi connectivity index (χ0v) is 7.32. The van der Waals surface area contributed by atoms with Gasteiger partial charge in [0.15, 0.2) is 4.77 Å². The summed E-state index contributed by atoms with van der Waals surface area (Å²) in [6, 6.07) is 0. The zero-order valence-electron chi connectivity index (χ0n) is 6.50. The van der Waals surface area contributed by atoms with Crippen molar-refractivity contribution in [3.63, 3.8) is 0 Å². The summed E-state index contributed by atoms with van der Waals surface area (Å²) in [5, 5.41) is 6.43. The number of aromatic amines is 1. The predicted octanol–water partition coefficient (Wildman–Crippen LogP) is 1.32. The second kappa shape index (κ2) is 3.52. The van der Waals surface area contributed by atoms with Gasteiger partial charge in [-0.2, -0.15) is 0 Å². The number of hydrogen-bond acceptors (Lipinski definition) is 3. The first-order valence-corrected chi connectivity index (χ1v) is 4.07. The number of anilines is 1. The van der Waals surface area contributed by atoms with E-state index in [0.29, 0.717) is 10.7 Å². The summed E-state index contributed by atoms with van der Waals surface area (Å²) in [7, 11) is 0. The molecule has 0 bridgehead atoms. The molecule has 1 heterocycles. The summed E-state index contributed by atoms with van der Waals surface area (Å²) in [5.41, 5.74) is 5.54. The molecule has 0 aliphatic carbocycles. The van der Waals surface area contributed by atoms with Gasteiger partial charge in [0.25, 0.3) is 0 Å². The first-order chi connectivity index (χ1) is 5.25. The van der Waals surface area contributed by atoms with Crippen LogP contribution in [0.5, 0.6) is 0 Å². The first kappa shape index (κ1) is 8.26. The average molecular weight is 172 g/mol. The molecule has 0 saturated carbocycles. The predicted molar refractivity (Wildman–Crippen MR) is 46.7 cm³/mol. The van der Waals surface area contributed by atoms with Gasteiger partial charge in [-0.25, -0.2) is 5.10 Å². The quantitative estimate of drug-likeness (QED) is 0.676. The third kappa shape index (κ3) is 1.80. The van der Waals surface area contributed by atoms with Gasteiger partial charge in [0.2, 0.25) is 5.95 Å². The molecular formula is C6H12N4S. The molecule has 0 amide bonds. The van der Waals surface area contributed by atoms with E-state index in [-0.39, 0.29) is 0 Å². The molecule has 0 aliphatic rings. The number of aromatic nitrogens is 3. The molecule has 1 aromatic rings. The molecule has 11 heavy (non-hydrogen) atoms. The van der Waals surface area contributed by atoms with E-state index in [1.54, 1.807) is 4.57 Å². The number of hydrogen-bond donors (Lipinski definition) is 2. The Morgan fingerprint density at radius 2 is 2.45 bits per heavy atom. The molecule has 0 unspecified atom stereocenters. The number of nitrogen functional groups attached to an aromatic ring is 1. The molecule has 0 fully saturated rings. The maximum absolute atomic E-state index is 5.54. The number of H-pyrrole nitrogens is 1. The summed E-state index contributed by atoms with van der Waals surface area (Å²) >= 11 is 4.95. The van der Waals surface area contributed by atoms with Gasteiger partial charge in [0.05, 0.1) is 0 Å². The standard InChI is InChI=1S/C6H12N4S/c1-2-3-4-10-5(7)8-9-6(10)11/h2-4H2,1H3,(H2,7,8)(H,9,11). The number of nitrogens with zero attached hydrogens (tertiary/aromatic N) is 2. The van der Waals surface area contributed by atoms with Crippen molar-refractivity contribution in [2.45, 2.75) is 26.3 Å². The Morgan fingerprint density at radius 1 is 1.73 bits per heavy atom. The van der Waals surface area contributed by atoms with E-state index >= 15 is 0 Å². The minimum absolute atomic E-state index is 0.475. The minimum Gasteiger partial charge on any atom is -0.368 e. The van der Waals surface area contributed by atoms with Gasteiger partial charge in [-0.1, -0.05) is 13.3 Å². The summed E-state index contributed by atoms with van der Waals surface area (Å²) < 4.78 is 2.41. The van der Waals surface area contributed by atoms with Crippen LogP contribution in [-0.2, 0) is 6.54 Å². The number of rotatable bonds is 3. The van der Waals surface area contributed by atoms with Crippen molar-refractivity contribution >= 4 is 18.2 Å². The van der Waals surface area contributed by atoms with Gasteiger partial charge in [-0.15, -0.1) is 5.10 Å². The molecule has 0 atom stereocenters. The third-order valence-electron chi connectivity index (χ3n) is 1.52. The van der Waals surface area contributed by atoms with Crippen molar-refractivity contribution < 1.29 is 0 Å². The molecule has 1 rings (SSSR count). The maximum atomic E-state index is 5.54. The van der Waals surface area contributed by atoms with Crippen molar-refractivity contribution in [3.8, 4) is 0 Å². The molecular weight excluding hydrogens is 160 g/mol. The van der Waals surface area contributed by atoms with Crippen LogP contribution in [0.3, 0.4) is 0 Å². The number of nitrogens with one attached hydrogen (secondary N) is 1. The van der Waals surface area contributed by atoms with Crippen LogP contribution in [0.2, 0.25) is 0 Å². The first-order valence-electron chi connectivity index (χ1n) is 3.66. The van der Waals surface area contributed by atoms with Crippen molar-refractivity contribution in [1.82, 2.24) is 14.8 Å². The van der Waals surface area contributed by atoms with E-state index in [0.717, 1.165) is 19.4 Å². The molecule has 0 aromatic carbocycles. The van der Waals surface area contributed by atoms with E-state index in [9.17, 15) is 0 Å². The van der Waals surface area contributed by atoms with Gasteiger partial charge in [-0.3, -0.25) is 4.57 Å². The van der Waals surface area contributed by atoms with Crippen LogP contribution in [0.25, 0.3) is 0 Å². The molecule has 1 aromatic heterocycles. The van der Waals surface area contributed by atoms with E-state index in [1.165, 1.54) is 0 Å². The Kier molecular flexibility index (Phi) is 2.64. The van der Waals surface area contributed by atoms with Crippen molar-refractivity contribution in [2.24, 2.45) is 0 Å². The maximum Gasteiger partial charge on any atom is 0.220 e. The summed E-state index contributed by atoms with van der Waals surface area (Å²) in [4.78, 5) is 0. The fourth-order valence-corrected chi connectivity index (χ4v) is 1.09. The molecule has 3 N–H and O–H groups in total. The largest absolute Gasteiger partial charge is 0.368 e. The Hall–Kier alpha value is -0.840. The van der Waals surface area contributed by atoms with Gasteiger partial charge in [-0.05, 0) is 18.6 Å². The van der Waals surface area contributed by atoms with E-state index in [2.05, 4.69) is 17.1 Å². The molecule has 62 valence electrons. The molecule has 0 radical (unpaired) electrons. The Bertz CT molecular complexity index is 274. The third-order valence-corrected chi connectivity index (χ3v) is 1.83. The Morgan fingerprint density at radius 3 is 2.91 bits per heavy atom. The van der Waals surface area contributed by atoms with Crippen LogP contribution in [0, 0.1) is 4.77 Å². The lowest BCUT2D eigenvalue weighted by Crippen LogP contribution is -2.03. The lowest BCUT2D eigenvalue weighted by atomic mass is 10.3. The zero-order chi connectivity index (χ0) is 8.27. The highest BCUT2D eigenvalue weighted by Gasteiger charge is 1.98. The molecule has 0 saturated heterocycles. The highest BCUT2D eigenvalue weighted by atomic mass is 32.1. The Balaban J connectivity index is 2.75. The lowest BCUT2D eigenvalue weighted by molar-refractivity contribution is 0.631. The van der Waals surface area contributed by atoms with Crippen LogP contribution < -0.4 is 5.73 Å². The normalized spacial score (nSPS) is 10.3. The van der Waals surface area contributed by atoms with E-state index in [1.807, 2.05) is 0 Å². The second-order valence-corrected chi connectivity index (χ2v) is 2.78. The number of nitrogens with two attached hydrogens (primary N) is 1. The SMILES string of the molecule is CCCCn1c(N)n[nH]c1=S. The van der Waals surface area contributed by atoms with E-state index in [4.69, 9.17) is 18.0 Å².